The van der Waals surface area contributed by atoms with Crippen LogP contribution in [0, 0.1) is 0 Å². The van der Waals surface area contributed by atoms with Crippen molar-refractivity contribution in [1.82, 2.24) is 0 Å². The maximum absolute atomic E-state index is 10.2. The van der Waals surface area contributed by atoms with Crippen molar-refractivity contribution in [2.24, 2.45) is 0 Å². The summed E-state index contributed by atoms with van der Waals surface area (Å²) in [7, 11) is 4.40. The number of hydrogen-bond acceptors (Lipinski definition) is 5. The monoisotopic (exact) mass is 240 g/mol. The molecule has 0 fully saturated rings. The lowest BCUT2D eigenvalue weighted by atomic mass is 9.95. The van der Waals surface area contributed by atoms with Gasteiger partial charge in [-0.3, -0.25) is 0 Å². The van der Waals surface area contributed by atoms with Crippen molar-refractivity contribution in [1.29, 1.82) is 0 Å². The van der Waals surface area contributed by atoms with E-state index in [1.165, 1.54) is 21.3 Å². The Labute approximate surface area is 99.9 Å². The molecule has 17 heavy (non-hydrogen) atoms. The van der Waals surface area contributed by atoms with Crippen LogP contribution in [0.1, 0.15) is 5.56 Å². The van der Waals surface area contributed by atoms with E-state index in [0.717, 1.165) is 0 Å². The Morgan fingerprint density at radius 1 is 1.18 bits per heavy atom. The molecule has 1 N–H and O–H groups in total. The maximum Gasteiger partial charge on any atom is 0.231 e. The molecule has 1 aromatic carbocycles. The molecule has 2 unspecified atom stereocenters. The second-order valence-electron chi connectivity index (χ2n) is 3.74. The van der Waals surface area contributed by atoms with E-state index >= 15 is 0 Å². The van der Waals surface area contributed by atoms with Gasteiger partial charge in [0.15, 0.2) is 6.10 Å². The fraction of sp³-hybridized carbons (Fsp3) is 0.500. The summed E-state index contributed by atoms with van der Waals surface area (Å²) in [6.45, 7) is 0. The molecule has 0 aliphatic carbocycles. The molecule has 1 heterocycles. The molecule has 0 spiro atoms. The predicted molar refractivity (Wildman–Crippen MR) is 59.6 cm³/mol. The Balaban J connectivity index is 2.55. The van der Waals surface area contributed by atoms with Gasteiger partial charge < -0.3 is 24.1 Å². The van der Waals surface area contributed by atoms with Crippen LogP contribution in [0.2, 0.25) is 0 Å². The summed E-state index contributed by atoms with van der Waals surface area (Å²) in [5.41, 5.74) is 0.644. The van der Waals surface area contributed by atoms with Crippen molar-refractivity contribution in [3.05, 3.63) is 29.8 Å². The zero-order valence-corrected chi connectivity index (χ0v) is 10.0. The van der Waals surface area contributed by atoms with Gasteiger partial charge in [-0.15, -0.1) is 0 Å². The molecule has 94 valence electrons. The summed E-state index contributed by atoms with van der Waals surface area (Å²) in [6.07, 6.45) is -1.90. The third-order valence-electron chi connectivity index (χ3n) is 2.99. The first-order chi connectivity index (χ1) is 8.19. The zero-order chi connectivity index (χ0) is 12.5. The van der Waals surface area contributed by atoms with E-state index in [9.17, 15) is 5.11 Å². The minimum atomic E-state index is -1.27. The highest BCUT2D eigenvalue weighted by molar-refractivity contribution is 5.40. The van der Waals surface area contributed by atoms with Gasteiger partial charge in [0.05, 0.1) is 5.56 Å². The van der Waals surface area contributed by atoms with Crippen molar-refractivity contribution < 1.29 is 24.1 Å². The SMILES string of the molecule is COC1Oc2ccccc2C(OC)(OC)C1O. The topological polar surface area (TPSA) is 57.2 Å². The van der Waals surface area contributed by atoms with Crippen molar-refractivity contribution >= 4 is 0 Å². The molecular formula is C12H16O5. The van der Waals surface area contributed by atoms with Gasteiger partial charge in [-0.25, -0.2) is 0 Å². The molecule has 5 nitrogen and oxygen atoms in total. The van der Waals surface area contributed by atoms with Crippen LogP contribution in [-0.2, 0) is 20.0 Å². The second-order valence-corrected chi connectivity index (χ2v) is 3.74. The molecule has 0 amide bonds. The lowest BCUT2D eigenvalue weighted by molar-refractivity contribution is -0.320. The largest absolute Gasteiger partial charge is 0.461 e. The Morgan fingerprint density at radius 2 is 1.82 bits per heavy atom. The number of aliphatic hydroxyl groups is 1. The van der Waals surface area contributed by atoms with Gasteiger partial charge in [-0.2, -0.15) is 0 Å². The van der Waals surface area contributed by atoms with Crippen LogP contribution in [0.15, 0.2) is 24.3 Å². The van der Waals surface area contributed by atoms with E-state index < -0.39 is 18.2 Å². The maximum atomic E-state index is 10.2. The van der Waals surface area contributed by atoms with Gasteiger partial charge in [0, 0.05) is 21.3 Å². The smallest absolute Gasteiger partial charge is 0.231 e. The quantitative estimate of drug-likeness (QED) is 0.794. The number of benzene rings is 1. The molecule has 0 saturated heterocycles. The van der Waals surface area contributed by atoms with Crippen LogP contribution < -0.4 is 4.74 Å². The Bertz CT molecular complexity index is 388. The molecule has 2 atom stereocenters. The highest BCUT2D eigenvalue weighted by Crippen LogP contribution is 2.42. The van der Waals surface area contributed by atoms with Gasteiger partial charge in [-0.1, -0.05) is 12.1 Å². The fourth-order valence-electron chi connectivity index (χ4n) is 2.11. The molecule has 1 aliphatic heterocycles. The average Bonchev–Trinajstić information content (AvgIpc) is 2.39. The Hall–Kier alpha value is -1.14. The number of hydrogen-bond donors (Lipinski definition) is 1. The number of aliphatic hydroxyl groups excluding tert-OH is 1. The normalized spacial score (nSPS) is 26.1. The molecule has 1 aliphatic rings. The first kappa shape index (κ1) is 12.3. The fourth-order valence-corrected chi connectivity index (χ4v) is 2.11. The van der Waals surface area contributed by atoms with E-state index in [4.69, 9.17) is 18.9 Å². The number of ether oxygens (including phenoxy) is 4. The summed E-state index contributed by atoms with van der Waals surface area (Å²) < 4.78 is 21.3. The van der Waals surface area contributed by atoms with E-state index in [0.29, 0.717) is 11.3 Å². The molecule has 0 radical (unpaired) electrons. The third-order valence-corrected chi connectivity index (χ3v) is 2.99. The molecule has 1 aromatic rings. The van der Waals surface area contributed by atoms with E-state index in [-0.39, 0.29) is 0 Å². The molecule has 0 aromatic heterocycles. The molecule has 5 heteroatoms. The van der Waals surface area contributed by atoms with Gasteiger partial charge in [0.1, 0.15) is 5.75 Å². The van der Waals surface area contributed by atoms with Gasteiger partial charge in [0.25, 0.3) is 0 Å². The van der Waals surface area contributed by atoms with Gasteiger partial charge >= 0.3 is 0 Å². The number of para-hydroxylation sites is 1. The van der Waals surface area contributed by atoms with Crippen LogP contribution in [-0.4, -0.2) is 38.8 Å². The lowest BCUT2D eigenvalue weighted by Gasteiger charge is -2.43. The molecular weight excluding hydrogens is 224 g/mol. The second kappa shape index (κ2) is 4.62. The highest BCUT2D eigenvalue weighted by atomic mass is 16.7. The third kappa shape index (κ3) is 1.71. The Morgan fingerprint density at radius 3 is 2.41 bits per heavy atom. The first-order valence-corrected chi connectivity index (χ1v) is 5.27. The van der Waals surface area contributed by atoms with Crippen LogP contribution in [0.25, 0.3) is 0 Å². The standard InChI is InChI=1S/C12H16O5/c1-14-11-10(13)12(15-2,16-3)8-6-4-5-7-9(8)17-11/h4-7,10-11,13H,1-3H3. The number of methoxy groups -OCH3 is 3. The van der Waals surface area contributed by atoms with Crippen molar-refractivity contribution in [3.63, 3.8) is 0 Å². The molecule has 0 bridgehead atoms. The van der Waals surface area contributed by atoms with Crippen molar-refractivity contribution in [2.75, 3.05) is 21.3 Å². The van der Waals surface area contributed by atoms with Gasteiger partial charge in [-0.05, 0) is 12.1 Å². The van der Waals surface area contributed by atoms with Crippen LogP contribution in [0.5, 0.6) is 5.75 Å². The van der Waals surface area contributed by atoms with E-state index in [2.05, 4.69) is 0 Å². The first-order valence-electron chi connectivity index (χ1n) is 5.27. The lowest BCUT2D eigenvalue weighted by Crippen LogP contribution is -2.55. The summed E-state index contributed by atoms with van der Waals surface area (Å²) in [6, 6.07) is 7.23. The van der Waals surface area contributed by atoms with Crippen molar-refractivity contribution in [3.8, 4) is 5.75 Å². The van der Waals surface area contributed by atoms with Crippen LogP contribution >= 0.6 is 0 Å². The predicted octanol–water partition coefficient (Wildman–Crippen LogP) is 0.858. The van der Waals surface area contributed by atoms with E-state index in [1.54, 1.807) is 12.1 Å². The summed E-state index contributed by atoms with van der Waals surface area (Å²) >= 11 is 0. The van der Waals surface area contributed by atoms with Crippen molar-refractivity contribution in [2.45, 2.75) is 18.2 Å². The van der Waals surface area contributed by atoms with Crippen LogP contribution in [0.3, 0.4) is 0 Å². The summed E-state index contributed by atoms with van der Waals surface area (Å²) in [4.78, 5) is 0. The van der Waals surface area contributed by atoms with Crippen LogP contribution in [0.4, 0.5) is 0 Å². The molecule has 0 saturated carbocycles. The zero-order valence-electron chi connectivity index (χ0n) is 10.0. The number of fused-ring (bicyclic) bond motifs is 1. The Kier molecular flexibility index (Phi) is 3.35. The van der Waals surface area contributed by atoms with E-state index in [1.807, 2.05) is 12.1 Å². The molecule has 2 rings (SSSR count). The average molecular weight is 240 g/mol. The van der Waals surface area contributed by atoms with Gasteiger partial charge in [0.2, 0.25) is 12.1 Å². The minimum absolute atomic E-state index is 0.577. The summed E-state index contributed by atoms with van der Waals surface area (Å²) in [5, 5.41) is 10.2. The highest BCUT2D eigenvalue weighted by Gasteiger charge is 2.51. The summed E-state index contributed by atoms with van der Waals surface area (Å²) in [5.74, 6) is -0.691. The minimum Gasteiger partial charge on any atom is -0.461 e. The number of rotatable bonds is 3.